The fourth-order valence-electron chi connectivity index (χ4n) is 1.68. The van der Waals surface area contributed by atoms with E-state index in [9.17, 15) is 4.39 Å². The van der Waals surface area contributed by atoms with Crippen LogP contribution in [-0.4, -0.2) is 9.78 Å². The van der Waals surface area contributed by atoms with Crippen molar-refractivity contribution < 1.29 is 4.39 Å². The highest BCUT2D eigenvalue weighted by atomic mass is 35.5. The molecule has 3 nitrogen and oxygen atoms in total. The molecule has 0 atom stereocenters. The number of hydrogen-bond acceptors (Lipinski definition) is 2. The molecule has 0 radical (unpaired) electrons. The molecule has 0 aliphatic carbocycles. The Labute approximate surface area is 115 Å². The van der Waals surface area contributed by atoms with Gasteiger partial charge in [0.1, 0.15) is 5.82 Å². The second-order valence-corrected chi connectivity index (χ2v) is 4.76. The summed E-state index contributed by atoms with van der Waals surface area (Å²) in [7, 11) is 1.80. The van der Waals surface area contributed by atoms with E-state index >= 15 is 0 Å². The third-order valence-electron chi connectivity index (χ3n) is 2.64. The number of nitrogens with one attached hydrogen (secondary N) is 1. The van der Waals surface area contributed by atoms with Crippen molar-refractivity contribution in [1.29, 1.82) is 0 Å². The van der Waals surface area contributed by atoms with Gasteiger partial charge in [0, 0.05) is 12.1 Å². The second-order valence-electron chi connectivity index (χ2n) is 3.95. The number of hydrogen-bond donors (Lipinski definition) is 1. The van der Waals surface area contributed by atoms with Crippen LogP contribution in [0.5, 0.6) is 0 Å². The second kappa shape index (κ2) is 5.16. The topological polar surface area (TPSA) is 29.9 Å². The SMILES string of the molecule is Cc1nn(C)c(CNc2ccc(Cl)cc2F)c1Cl. The molecule has 96 valence electrons. The van der Waals surface area contributed by atoms with Crippen LogP contribution in [0.1, 0.15) is 11.4 Å². The monoisotopic (exact) mass is 287 g/mol. The molecule has 0 unspecified atom stereocenters. The molecule has 0 saturated heterocycles. The fraction of sp³-hybridized carbons (Fsp3) is 0.250. The summed E-state index contributed by atoms with van der Waals surface area (Å²) in [6.07, 6.45) is 0. The lowest BCUT2D eigenvalue weighted by atomic mass is 10.3. The van der Waals surface area contributed by atoms with Gasteiger partial charge in [-0.25, -0.2) is 4.39 Å². The largest absolute Gasteiger partial charge is 0.377 e. The zero-order chi connectivity index (χ0) is 13.3. The van der Waals surface area contributed by atoms with Gasteiger partial charge in [0.2, 0.25) is 0 Å². The lowest BCUT2D eigenvalue weighted by molar-refractivity contribution is 0.629. The molecule has 2 rings (SSSR count). The summed E-state index contributed by atoms with van der Waals surface area (Å²) < 4.78 is 15.2. The lowest BCUT2D eigenvalue weighted by Crippen LogP contribution is -2.07. The van der Waals surface area contributed by atoms with E-state index < -0.39 is 5.82 Å². The quantitative estimate of drug-likeness (QED) is 0.931. The predicted octanol–water partition coefficient (Wildman–Crippen LogP) is 3.79. The molecule has 0 fully saturated rings. The van der Waals surface area contributed by atoms with Crippen LogP contribution in [-0.2, 0) is 13.6 Å². The molecular weight excluding hydrogens is 276 g/mol. The van der Waals surface area contributed by atoms with Crippen molar-refractivity contribution >= 4 is 28.9 Å². The van der Waals surface area contributed by atoms with Gasteiger partial charge >= 0.3 is 0 Å². The smallest absolute Gasteiger partial charge is 0.147 e. The number of halogens is 3. The first-order valence-electron chi connectivity index (χ1n) is 5.36. The molecule has 0 bridgehead atoms. The van der Waals surface area contributed by atoms with Crippen LogP contribution >= 0.6 is 23.2 Å². The molecule has 1 heterocycles. The van der Waals surface area contributed by atoms with Crippen LogP contribution in [0.3, 0.4) is 0 Å². The van der Waals surface area contributed by atoms with Crippen molar-refractivity contribution in [2.75, 3.05) is 5.32 Å². The van der Waals surface area contributed by atoms with E-state index in [0.717, 1.165) is 11.4 Å². The number of aryl methyl sites for hydroxylation is 2. The highest BCUT2D eigenvalue weighted by molar-refractivity contribution is 6.32. The van der Waals surface area contributed by atoms with Gasteiger partial charge < -0.3 is 5.32 Å². The van der Waals surface area contributed by atoms with Crippen molar-refractivity contribution in [2.45, 2.75) is 13.5 Å². The number of nitrogens with zero attached hydrogens (tertiary/aromatic N) is 2. The summed E-state index contributed by atoms with van der Waals surface area (Å²) in [4.78, 5) is 0. The molecule has 6 heteroatoms. The van der Waals surface area contributed by atoms with Crippen LogP contribution < -0.4 is 5.32 Å². The van der Waals surface area contributed by atoms with Gasteiger partial charge in [-0.2, -0.15) is 5.10 Å². The van der Waals surface area contributed by atoms with E-state index in [1.165, 1.54) is 6.07 Å². The Bertz CT molecular complexity index is 581. The Kier molecular flexibility index (Phi) is 3.78. The van der Waals surface area contributed by atoms with E-state index in [0.29, 0.717) is 22.3 Å². The van der Waals surface area contributed by atoms with Crippen molar-refractivity contribution in [1.82, 2.24) is 9.78 Å². The molecule has 1 aromatic heterocycles. The normalized spacial score (nSPS) is 10.7. The van der Waals surface area contributed by atoms with Crippen molar-refractivity contribution in [3.05, 3.63) is 45.4 Å². The van der Waals surface area contributed by atoms with Gasteiger partial charge in [0.25, 0.3) is 0 Å². The van der Waals surface area contributed by atoms with Crippen LogP contribution in [0.4, 0.5) is 10.1 Å². The number of anilines is 1. The van der Waals surface area contributed by atoms with E-state index in [1.54, 1.807) is 23.9 Å². The van der Waals surface area contributed by atoms with Crippen molar-refractivity contribution in [3.8, 4) is 0 Å². The van der Waals surface area contributed by atoms with Crippen LogP contribution in [0, 0.1) is 12.7 Å². The number of rotatable bonds is 3. The Morgan fingerprint density at radius 2 is 2.11 bits per heavy atom. The Balaban J connectivity index is 2.16. The first-order chi connectivity index (χ1) is 8.49. The Hall–Kier alpha value is -1.26. The van der Waals surface area contributed by atoms with Gasteiger partial charge in [-0.3, -0.25) is 4.68 Å². The molecule has 0 aliphatic rings. The lowest BCUT2D eigenvalue weighted by Gasteiger charge is -2.08. The fourth-order valence-corrected chi connectivity index (χ4v) is 2.07. The molecule has 0 saturated carbocycles. The third kappa shape index (κ3) is 2.60. The van der Waals surface area contributed by atoms with Crippen LogP contribution in [0.2, 0.25) is 10.0 Å². The number of benzene rings is 1. The maximum absolute atomic E-state index is 13.6. The van der Waals surface area contributed by atoms with Gasteiger partial charge in [0.15, 0.2) is 0 Å². The molecule has 2 aromatic rings. The molecule has 0 aliphatic heterocycles. The molecular formula is C12H12Cl2FN3. The first-order valence-corrected chi connectivity index (χ1v) is 6.11. The van der Waals surface area contributed by atoms with Crippen LogP contribution in [0.25, 0.3) is 0 Å². The van der Waals surface area contributed by atoms with Gasteiger partial charge in [-0.15, -0.1) is 0 Å². The summed E-state index contributed by atoms with van der Waals surface area (Å²) in [6.45, 7) is 2.23. The van der Waals surface area contributed by atoms with E-state index in [4.69, 9.17) is 23.2 Å². The highest BCUT2D eigenvalue weighted by Gasteiger charge is 2.11. The zero-order valence-electron chi connectivity index (χ0n) is 9.97. The first kappa shape index (κ1) is 13.2. The average molecular weight is 288 g/mol. The van der Waals surface area contributed by atoms with Gasteiger partial charge in [0.05, 0.1) is 28.6 Å². The molecule has 1 aromatic carbocycles. The highest BCUT2D eigenvalue weighted by Crippen LogP contribution is 2.23. The third-order valence-corrected chi connectivity index (χ3v) is 3.37. The molecule has 0 amide bonds. The van der Waals surface area contributed by atoms with E-state index in [1.807, 2.05) is 6.92 Å². The maximum atomic E-state index is 13.6. The zero-order valence-corrected chi connectivity index (χ0v) is 11.5. The van der Waals surface area contributed by atoms with Crippen molar-refractivity contribution in [3.63, 3.8) is 0 Å². The number of aromatic nitrogens is 2. The summed E-state index contributed by atoms with van der Waals surface area (Å²) in [5.74, 6) is -0.391. The minimum Gasteiger partial charge on any atom is -0.377 e. The van der Waals surface area contributed by atoms with Gasteiger partial charge in [-0.05, 0) is 25.1 Å². The standard InChI is InChI=1S/C12H12Cl2FN3/c1-7-12(14)11(18(2)17-7)6-16-10-4-3-8(13)5-9(10)15/h3-5,16H,6H2,1-2H3. The Morgan fingerprint density at radius 3 is 2.67 bits per heavy atom. The van der Waals surface area contributed by atoms with Crippen LogP contribution in [0.15, 0.2) is 18.2 Å². The average Bonchev–Trinajstić information content (AvgIpc) is 2.53. The van der Waals surface area contributed by atoms with Gasteiger partial charge in [-0.1, -0.05) is 23.2 Å². The minimum atomic E-state index is -0.391. The maximum Gasteiger partial charge on any atom is 0.147 e. The molecule has 0 spiro atoms. The Morgan fingerprint density at radius 1 is 1.39 bits per heavy atom. The summed E-state index contributed by atoms with van der Waals surface area (Å²) in [5.41, 5.74) is 1.95. The summed E-state index contributed by atoms with van der Waals surface area (Å²) in [6, 6.07) is 4.48. The minimum absolute atomic E-state index is 0.368. The van der Waals surface area contributed by atoms with Crippen molar-refractivity contribution in [2.24, 2.45) is 7.05 Å². The van der Waals surface area contributed by atoms with E-state index in [2.05, 4.69) is 10.4 Å². The summed E-state index contributed by atoms with van der Waals surface area (Å²) >= 11 is 11.8. The molecule has 18 heavy (non-hydrogen) atoms. The van der Waals surface area contributed by atoms with E-state index in [-0.39, 0.29) is 0 Å². The molecule has 1 N–H and O–H groups in total. The predicted molar refractivity (Wildman–Crippen MR) is 71.7 cm³/mol. The summed E-state index contributed by atoms with van der Waals surface area (Å²) in [5, 5.41) is 8.13.